The molecular weight excluding hydrogens is 288 g/mol. The first kappa shape index (κ1) is 15.4. The molecule has 0 aliphatic rings. The van der Waals surface area contributed by atoms with Gasteiger partial charge in [-0.1, -0.05) is 18.5 Å². The van der Waals surface area contributed by atoms with E-state index in [1.165, 1.54) is 0 Å². The van der Waals surface area contributed by atoms with E-state index in [1.54, 1.807) is 31.4 Å². The second-order valence-corrected chi connectivity index (χ2v) is 5.08. The maximum atomic E-state index is 11.7. The van der Waals surface area contributed by atoms with E-state index in [-0.39, 0.29) is 5.91 Å². The number of halogens is 1. The van der Waals surface area contributed by atoms with Crippen LogP contribution in [0.1, 0.15) is 29.4 Å². The van der Waals surface area contributed by atoms with Gasteiger partial charge >= 0.3 is 0 Å². The number of amides is 1. The lowest BCUT2D eigenvalue weighted by Gasteiger charge is -2.11. The van der Waals surface area contributed by atoms with Crippen LogP contribution in [-0.4, -0.2) is 22.7 Å². The van der Waals surface area contributed by atoms with E-state index in [4.69, 9.17) is 11.6 Å². The lowest BCUT2D eigenvalue weighted by atomic mass is 10.2. The highest BCUT2D eigenvalue weighted by Gasteiger charge is 2.08. The second kappa shape index (κ2) is 7.13. The summed E-state index contributed by atoms with van der Waals surface area (Å²) in [5.74, 6) is -0.134. The highest BCUT2D eigenvalue weighted by Crippen LogP contribution is 2.23. The van der Waals surface area contributed by atoms with Gasteiger partial charge < -0.3 is 10.6 Å². The van der Waals surface area contributed by atoms with Crippen LogP contribution in [0, 0.1) is 0 Å². The predicted molar refractivity (Wildman–Crippen MR) is 84.7 cm³/mol. The topological polar surface area (TPSA) is 59.0 Å². The molecule has 112 valence electrons. The largest absolute Gasteiger partial charge is 0.378 e. The van der Waals surface area contributed by atoms with Crippen LogP contribution in [0.2, 0.25) is 5.02 Å². The van der Waals surface area contributed by atoms with E-state index < -0.39 is 0 Å². The van der Waals surface area contributed by atoms with Crippen molar-refractivity contribution in [3.63, 3.8) is 0 Å². The Labute approximate surface area is 129 Å². The molecule has 0 saturated heterocycles. The average molecular weight is 307 g/mol. The maximum Gasteiger partial charge on any atom is 0.251 e. The van der Waals surface area contributed by atoms with Gasteiger partial charge in [-0.15, -0.1) is 0 Å². The maximum absolute atomic E-state index is 11.7. The standard InChI is InChI=1S/C15H19ClN4O/c1-3-8-20-12(6-7-19-20)10-18-14-9-11(15(21)17-2)4-5-13(14)16/h4-7,9,18H,3,8,10H2,1-2H3,(H,17,21). The molecule has 0 unspecified atom stereocenters. The fraction of sp³-hybridized carbons (Fsp3) is 0.333. The van der Waals surface area contributed by atoms with Gasteiger partial charge in [0.15, 0.2) is 0 Å². The van der Waals surface area contributed by atoms with Crippen molar-refractivity contribution < 1.29 is 4.79 Å². The first-order valence-electron chi connectivity index (χ1n) is 6.92. The van der Waals surface area contributed by atoms with Gasteiger partial charge in [0.05, 0.1) is 22.9 Å². The zero-order valence-electron chi connectivity index (χ0n) is 12.2. The van der Waals surface area contributed by atoms with Crippen molar-refractivity contribution in [3.8, 4) is 0 Å². The van der Waals surface area contributed by atoms with Crippen LogP contribution in [0.4, 0.5) is 5.69 Å². The molecule has 0 saturated carbocycles. The van der Waals surface area contributed by atoms with Crippen molar-refractivity contribution >= 4 is 23.2 Å². The third-order valence-electron chi connectivity index (χ3n) is 3.16. The lowest BCUT2D eigenvalue weighted by molar-refractivity contribution is 0.0963. The minimum atomic E-state index is -0.134. The van der Waals surface area contributed by atoms with Crippen LogP contribution >= 0.6 is 11.6 Å². The summed E-state index contributed by atoms with van der Waals surface area (Å²) in [4.78, 5) is 11.7. The molecule has 1 heterocycles. The molecule has 0 bridgehead atoms. The molecule has 2 N–H and O–H groups in total. The van der Waals surface area contributed by atoms with E-state index in [1.807, 2.05) is 10.7 Å². The Kier molecular flexibility index (Phi) is 5.22. The normalized spacial score (nSPS) is 10.4. The third kappa shape index (κ3) is 3.76. The van der Waals surface area contributed by atoms with E-state index in [2.05, 4.69) is 22.7 Å². The van der Waals surface area contributed by atoms with Gasteiger partial charge in [-0.2, -0.15) is 5.10 Å². The fourth-order valence-electron chi connectivity index (χ4n) is 2.06. The van der Waals surface area contributed by atoms with Gasteiger partial charge in [-0.25, -0.2) is 0 Å². The number of aromatic nitrogens is 2. The number of carbonyl (C=O) groups is 1. The van der Waals surface area contributed by atoms with Crippen LogP contribution in [0.3, 0.4) is 0 Å². The Morgan fingerprint density at radius 3 is 2.90 bits per heavy atom. The monoisotopic (exact) mass is 306 g/mol. The van der Waals surface area contributed by atoms with Gasteiger partial charge in [0.1, 0.15) is 0 Å². The average Bonchev–Trinajstić information content (AvgIpc) is 2.93. The minimum absolute atomic E-state index is 0.134. The number of hydrogen-bond donors (Lipinski definition) is 2. The number of nitrogens with one attached hydrogen (secondary N) is 2. The van der Waals surface area contributed by atoms with Crippen molar-refractivity contribution in [2.75, 3.05) is 12.4 Å². The Balaban J connectivity index is 2.12. The van der Waals surface area contributed by atoms with E-state index in [0.29, 0.717) is 17.1 Å². The number of carbonyl (C=O) groups excluding carboxylic acids is 1. The van der Waals surface area contributed by atoms with Gasteiger partial charge in [-0.3, -0.25) is 9.48 Å². The Hall–Kier alpha value is -2.01. The summed E-state index contributed by atoms with van der Waals surface area (Å²) >= 11 is 6.17. The van der Waals surface area contributed by atoms with Crippen LogP contribution in [0.5, 0.6) is 0 Å². The fourth-order valence-corrected chi connectivity index (χ4v) is 2.24. The number of hydrogen-bond acceptors (Lipinski definition) is 3. The predicted octanol–water partition coefficient (Wildman–Crippen LogP) is 2.92. The summed E-state index contributed by atoms with van der Waals surface area (Å²) in [6, 6.07) is 7.15. The zero-order chi connectivity index (χ0) is 15.2. The smallest absolute Gasteiger partial charge is 0.251 e. The second-order valence-electron chi connectivity index (χ2n) is 4.67. The van der Waals surface area contributed by atoms with Gasteiger partial charge in [0, 0.05) is 25.4 Å². The molecule has 0 atom stereocenters. The summed E-state index contributed by atoms with van der Waals surface area (Å²) in [6.07, 6.45) is 2.82. The van der Waals surface area contributed by atoms with Crippen molar-refractivity contribution in [1.29, 1.82) is 0 Å². The summed E-state index contributed by atoms with van der Waals surface area (Å²) < 4.78 is 1.96. The first-order chi connectivity index (χ1) is 10.2. The first-order valence-corrected chi connectivity index (χ1v) is 7.29. The molecule has 0 aliphatic heterocycles. The summed E-state index contributed by atoms with van der Waals surface area (Å²) in [5.41, 5.74) is 2.40. The molecule has 1 aromatic carbocycles. The summed E-state index contributed by atoms with van der Waals surface area (Å²) in [6.45, 7) is 3.61. The molecule has 2 aromatic rings. The highest BCUT2D eigenvalue weighted by atomic mass is 35.5. The molecule has 6 heteroatoms. The molecule has 21 heavy (non-hydrogen) atoms. The Morgan fingerprint density at radius 1 is 1.38 bits per heavy atom. The minimum Gasteiger partial charge on any atom is -0.378 e. The van der Waals surface area contributed by atoms with Crippen LogP contribution in [-0.2, 0) is 13.1 Å². The van der Waals surface area contributed by atoms with Crippen molar-refractivity contribution in [3.05, 3.63) is 46.7 Å². The zero-order valence-corrected chi connectivity index (χ0v) is 12.9. The van der Waals surface area contributed by atoms with Crippen LogP contribution in [0.15, 0.2) is 30.5 Å². The molecule has 0 spiro atoms. The molecule has 1 amide bonds. The molecule has 2 rings (SSSR count). The van der Waals surface area contributed by atoms with Gasteiger partial charge in [0.2, 0.25) is 0 Å². The van der Waals surface area contributed by atoms with Crippen molar-refractivity contribution in [2.24, 2.45) is 0 Å². The van der Waals surface area contributed by atoms with E-state index in [0.717, 1.165) is 24.3 Å². The quantitative estimate of drug-likeness (QED) is 0.862. The van der Waals surface area contributed by atoms with E-state index in [9.17, 15) is 4.79 Å². The molecule has 0 aliphatic carbocycles. The summed E-state index contributed by atoms with van der Waals surface area (Å²) in [5, 5.41) is 10.7. The SMILES string of the molecule is CCCn1nccc1CNc1cc(C(=O)NC)ccc1Cl. The van der Waals surface area contributed by atoms with Crippen LogP contribution < -0.4 is 10.6 Å². The van der Waals surface area contributed by atoms with E-state index >= 15 is 0 Å². The highest BCUT2D eigenvalue weighted by molar-refractivity contribution is 6.33. The van der Waals surface area contributed by atoms with Gasteiger partial charge in [0.25, 0.3) is 5.91 Å². The number of nitrogens with zero attached hydrogens (tertiary/aromatic N) is 2. The number of rotatable bonds is 6. The Bertz CT molecular complexity index is 624. The Morgan fingerprint density at radius 2 is 2.19 bits per heavy atom. The lowest BCUT2D eigenvalue weighted by Crippen LogP contribution is -2.18. The third-order valence-corrected chi connectivity index (χ3v) is 3.49. The van der Waals surface area contributed by atoms with Crippen LogP contribution in [0.25, 0.3) is 0 Å². The number of benzene rings is 1. The number of aryl methyl sites for hydroxylation is 1. The molecule has 5 nitrogen and oxygen atoms in total. The van der Waals surface area contributed by atoms with Crippen molar-refractivity contribution in [2.45, 2.75) is 26.4 Å². The molecule has 0 radical (unpaired) electrons. The summed E-state index contributed by atoms with van der Waals surface area (Å²) in [7, 11) is 1.60. The number of anilines is 1. The molecule has 0 fully saturated rings. The molecule has 1 aromatic heterocycles. The van der Waals surface area contributed by atoms with Gasteiger partial charge in [-0.05, 0) is 30.7 Å². The molecular formula is C15H19ClN4O. The van der Waals surface area contributed by atoms with Crippen molar-refractivity contribution in [1.82, 2.24) is 15.1 Å².